The number of nitrogens with zero attached hydrogens (tertiary/aromatic N) is 1. The molecule has 2 N–H and O–H groups in total. The Bertz CT molecular complexity index is 416. The predicted octanol–water partition coefficient (Wildman–Crippen LogP) is 2.71. The van der Waals surface area contributed by atoms with Crippen molar-refractivity contribution < 1.29 is 4.79 Å². The Hall–Kier alpha value is -1.000. The predicted molar refractivity (Wildman–Crippen MR) is 70.6 cm³/mol. The Balaban J connectivity index is 2.53. The molecular formula is C11H15Cl2N3O. The number of carbonyl (C=O) groups is 1. The molecule has 17 heavy (non-hydrogen) atoms. The summed E-state index contributed by atoms with van der Waals surface area (Å²) in [7, 11) is 0. The maximum Gasteiger partial charge on any atom is 0.239 e. The highest BCUT2D eigenvalue weighted by molar-refractivity contribution is 6.35. The zero-order valence-electron chi connectivity index (χ0n) is 9.97. The van der Waals surface area contributed by atoms with Crippen LogP contribution < -0.4 is 10.6 Å². The first-order valence-electron chi connectivity index (χ1n) is 5.14. The van der Waals surface area contributed by atoms with E-state index >= 15 is 0 Å². The normalized spacial score (nSPS) is 11.1. The van der Waals surface area contributed by atoms with E-state index < -0.39 is 0 Å². The van der Waals surface area contributed by atoms with Gasteiger partial charge in [-0.15, -0.1) is 0 Å². The van der Waals surface area contributed by atoms with E-state index in [1.165, 1.54) is 6.20 Å². The van der Waals surface area contributed by atoms with Crippen molar-refractivity contribution in [3.05, 3.63) is 22.3 Å². The summed E-state index contributed by atoms with van der Waals surface area (Å²) in [6.07, 6.45) is 1.47. The second-order valence-corrected chi connectivity index (χ2v) is 5.48. The van der Waals surface area contributed by atoms with Crippen molar-refractivity contribution in [1.82, 2.24) is 10.3 Å². The lowest BCUT2D eigenvalue weighted by molar-refractivity contribution is -0.120. The minimum absolute atomic E-state index is 0.117. The largest absolute Gasteiger partial charge is 0.360 e. The smallest absolute Gasteiger partial charge is 0.239 e. The second kappa shape index (κ2) is 5.56. The lowest BCUT2D eigenvalue weighted by Crippen LogP contribution is -2.43. The number of halogens is 2. The fraction of sp³-hybridized carbons (Fsp3) is 0.455. The molecule has 6 heteroatoms. The summed E-state index contributed by atoms with van der Waals surface area (Å²) >= 11 is 11.6. The van der Waals surface area contributed by atoms with Crippen LogP contribution in [-0.2, 0) is 4.79 Å². The van der Waals surface area contributed by atoms with Gasteiger partial charge in [0, 0.05) is 11.7 Å². The molecule has 1 aromatic rings. The number of aromatic nitrogens is 1. The van der Waals surface area contributed by atoms with Crippen LogP contribution >= 0.6 is 23.2 Å². The van der Waals surface area contributed by atoms with Gasteiger partial charge in [-0.25, -0.2) is 4.98 Å². The fourth-order valence-electron chi connectivity index (χ4n) is 1.17. The molecule has 0 saturated carbocycles. The lowest BCUT2D eigenvalue weighted by Gasteiger charge is -2.20. The summed E-state index contributed by atoms with van der Waals surface area (Å²) < 4.78 is 0. The SMILES string of the molecule is CC(C)(C)NC(=O)CNc1ncc(Cl)cc1Cl. The first-order chi connectivity index (χ1) is 7.78. The Morgan fingerprint density at radius 2 is 2.06 bits per heavy atom. The Kier molecular flexibility index (Phi) is 4.60. The fourth-order valence-corrected chi connectivity index (χ4v) is 1.62. The highest BCUT2D eigenvalue weighted by Gasteiger charge is 2.13. The highest BCUT2D eigenvalue weighted by Crippen LogP contribution is 2.22. The van der Waals surface area contributed by atoms with E-state index in [4.69, 9.17) is 23.2 Å². The van der Waals surface area contributed by atoms with Gasteiger partial charge < -0.3 is 10.6 Å². The molecule has 0 radical (unpaired) electrons. The zero-order chi connectivity index (χ0) is 13.1. The number of pyridine rings is 1. The van der Waals surface area contributed by atoms with Gasteiger partial charge in [0.25, 0.3) is 0 Å². The molecule has 1 aromatic heterocycles. The molecule has 94 valence electrons. The van der Waals surface area contributed by atoms with Crippen molar-refractivity contribution in [2.75, 3.05) is 11.9 Å². The number of anilines is 1. The highest BCUT2D eigenvalue weighted by atomic mass is 35.5. The summed E-state index contributed by atoms with van der Waals surface area (Å²) in [5.41, 5.74) is -0.254. The van der Waals surface area contributed by atoms with Gasteiger partial charge in [0.1, 0.15) is 5.82 Å². The molecule has 0 aliphatic carbocycles. The molecule has 0 atom stereocenters. The summed E-state index contributed by atoms with van der Waals surface area (Å²) in [5, 5.41) is 6.52. The van der Waals surface area contributed by atoms with Crippen LogP contribution in [-0.4, -0.2) is 23.0 Å². The van der Waals surface area contributed by atoms with Gasteiger partial charge in [-0.05, 0) is 26.8 Å². The molecule has 0 spiro atoms. The molecule has 0 aliphatic heterocycles. The van der Waals surface area contributed by atoms with Crippen LogP contribution in [0.1, 0.15) is 20.8 Å². The number of amides is 1. The van der Waals surface area contributed by atoms with Crippen molar-refractivity contribution in [1.29, 1.82) is 0 Å². The first-order valence-corrected chi connectivity index (χ1v) is 5.89. The van der Waals surface area contributed by atoms with E-state index in [2.05, 4.69) is 15.6 Å². The molecule has 0 unspecified atom stereocenters. The molecule has 1 heterocycles. The van der Waals surface area contributed by atoms with Gasteiger partial charge in [0.05, 0.1) is 16.6 Å². The van der Waals surface area contributed by atoms with Gasteiger partial charge in [0.15, 0.2) is 0 Å². The van der Waals surface area contributed by atoms with Crippen LogP contribution in [0.15, 0.2) is 12.3 Å². The van der Waals surface area contributed by atoms with Crippen molar-refractivity contribution in [2.45, 2.75) is 26.3 Å². The third kappa shape index (κ3) is 5.24. The molecular weight excluding hydrogens is 261 g/mol. The number of hydrogen-bond acceptors (Lipinski definition) is 3. The van der Waals surface area contributed by atoms with Gasteiger partial charge in [-0.1, -0.05) is 23.2 Å². The summed E-state index contributed by atoms with van der Waals surface area (Å²) in [6, 6.07) is 1.57. The minimum Gasteiger partial charge on any atom is -0.360 e. The van der Waals surface area contributed by atoms with Gasteiger partial charge in [-0.2, -0.15) is 0 Å². The number of rotatable bonds is 3. The lowest BCUT2D eigenvalue weighted by atomic mass is 10.1. The standard InChI is InChI=1S/C11H15Cl2N3O/c1-11(2,3)16-9(17)6-15-10-8(13)4-7(12)5-14-10/h4-5H,6H2,1-3H3,(H,14,15)(H,16,17). The van der Waals surface area contributed by atoms with Crippen LogP contribution in [0.25, 0.3) is 0 Å². The zero-order valence-corrected chi connectivity index (χ0v) is 11.5. The molecule has 0 aliphatic rings. The Morgan fingerprint density at radius 1 is 1.41 bits per heavy atom. The van der Waals surface area contributed by atoms with Crippen LogP contribution in [0.5, 0.6) is 0 Å². The van der Waals surface area contributed by atoms with Crippen molar-refractivity contribution in [2.24, 2.45) is 0 Å². The van der Waals surface area contributed by atoms with Gasteiger partial charge in [0.2, 0.25) is 5.91 Å². The minimum atomic E-state index is -0.254. The van der Waals surface area contributed by atoms with Gasteiger partial charge in [-0.3, -0.25) is 4.79 Å². The van der Waals surface area contributed by atoms with Crippen LogP contribution in [0.4, 0.5) is 5.82 Å². The average Bonchev–Trinajstić information content (AvgIpc) is 2.13. The number of hydrogen-bond donors (Lipinski definition) is 2. The first kappa shape index (κ1) is 14.1. The molecule has 1 rings (SSSR count). The monoisotopic (exact) mass is 275 g/mol. The van der Waals surface area contributed by atoms with Crippen molar-refractivity contribution in [3.8, 4) is 0 Å². The Labute approximate surface area is 111 Å². The van der Waals surface area contributed by atoms with Crippen LogP contribution in [0.2, 0.25) is 10.0 Å². The van der Waals surface area contributed by atoms with Crippen molar-refractivity contribution >= 4 is 34.9 Å². The van der Waals surface area contributed by atoms with Crippen LogP contribution in [0, 0.1) is 0 Å². The topological polar surface area (TPSA) is 54.0 Å². The summed E-state index contributed by atoms with van der Waals surface area (Å²) in [5.74, 6) is 0.324. The van der Waals surface area contributed by atoms with E-state index in [-0.39, 0.29) is 18.0 Å². The number of nitrogens with one attached hydrogen (secondary N) is 2. The maximum atomic E-state index is 11.5. The second-order valence-electron chi connectivity index (χ2n) is 4.64. The third-order valence-electron chi connectivity index (χ3n) is 1.74. The van der Waals surface area contributed by atoms with E-state index in [0.717, 1.165) is 0 Å². The van der Waals surface area contributed by atoms with E-state index in [1.807, 2.05) is 20.8 Å². The Morgan fingerprint density at radius 3 is 2.59 bits per heavy atom. The third-order valence-corrected chi connectivity index (χ3v) is 2.23. The summed E-state index contributed by atoms with van der Waals surface area (Å²) in [4.78, 5) is 15.5. The van der Waals surface area contributed by atoms with Crippen LogP contribution in [0.3, 0.4) is 0 Å². The van der Waals surface area contributed by atoms with E-state index in [0.29, 0.717) is 15.9 Å². The molecule has 0 fully saturated rings. The molecule has 0 aromatic carbocycles. The quantitative estimate of drug-likeness (QED) is 0.892. The van der Waals surface area contributed by atoms with Crippen molar-refractivity contribution in [3.63, 3.8) is 0 Å². The molecule has 4 nitrogen and oxygen atoms in total. The molecule has 0 saturated heterocycles. The van der Waals surface area contributed by atoms with E-state index in [1.54, 1.807) is 6.07 Å². The molecule has 0 bridgehead atoms. The average molecular weight is 276 g/mol. The maximum absolute atomic E-state index is 11.5. The number of carbonyl (C=O) groups excluding carboxylic acids is 1. The molecule has 1 amide bonds. The van der Waals surface area contributed by atoms with Gasteiger partial charge >= 0.3 is 0 Å². The summed E-state index contributed by atoms with van der Waals surface area (Å²) in [6.45, 7) is 5.86. The van der Waals surface area contributed by atoms with E-state index in [9.17, 15) is 4.79 Å².